The van der Waals surface area contributed by atoms with Crippen LogP contribution in [0.2, 0.25) is 0 Å². The number of primary amides is 1. The number of rotatable bonds is 6. The first-order valence-electron chi connectivity index (χ1n) is 5.75. The molecule has 21 heavy (non-hydrogen) atoms. The fourth-order valence-corrected chi connectivity index (χ4v) is 1.45. The topological polar surface area (TPSA) is 131 Å². The molecule has 8 nitrogen and oxygen atoms in total. The van der Waals surface area contributed by atoms with Crippen LogP contribution in [0.1, 0.15) is 6.42 Å². The lowest BCUT2D eigenvalue weighted by molar-refractivity contribution is -0.140. The maximum Gasteiger partial charge on any atom is 0.326 e. The molecule has 0 aromatic heterocycles. The van der Waals surface area contributed by atoms with Crippen molar-refractivity contribution >= 4 is 23.6 Å². The van der Waals surface area contributed by atoms with Crippen molar-refractivity contribution in [3.8, 4) is 5.75 Å². The highest BCUT2D eigenvalue weighted by molar-refractivity contribution is 5.94. The molecule has 0 spiro atoms. The van der Waals surface area contributed by atoms with Crippen LogP contribution in [-0.2, 0) is 9.59 Å². The van der Waals surface area contributed by atoms with Gasteiger partial charge in [0.05, 0.1) is 19.2 Å². The number of urea groups is 1. The molecule has 0 heterocycles. The van der Waals surface area contributed by atoms with E-state index in [0.29, 0.717) is 5.75 Å². The Kier molecular flexibility index (Phi) is 5.47. The number of halogens is 1. The van der Waals surface area contributed by atoms with Crippen LogP contribution in [0, 0.1) is 5.82 Å². The Morgan fingerprint density at radius 1 is 1.43 bits per heavy atom. The average molecular weight is 299 g/mol. The third-order valence-electron chi connectivity index (χ3n) is 2.43. The van der Waals surface area contributed by atoms with Gasteiger partial charge in [-0.15, -0.1) is 0 Å². The monoisotopic (exact) mass is 299 g/mol. The Bertz CT molecular complexity index is 564. The van der Waals surface area contributed by atoms with Gasteiger partial charge in [0.25, 0.3) is 0 Å². The number of hydrogen-bond acceptors (Lipinski definition) is 4. The van der Waals surface area contributed by atoms with Crippen LogP contribution in [0.25, 0.3) is 0 Å². The van der Waals surface area contributed by atoms with Crippen LogP contribution >= 0.6 is 0 Å². The summed E-state index contributed by atoms with van der Waals surface area (Å²) in [5.74, 6) is -2.75. The number of carbonyl (C=O) groups is 3. The zero-order valence-electron chi connectivity index (χ0n) is 11.1. The predicted molar refractivity (Wildman–Crippen MR) is 70.3 cm³/mol. The van der Waals surface area contributed by atoms with Crippen molar-refractivity contribution in [1.82, 2.24) is 5.32 Å². The molecule has 3 amide bonds. The number of methoxy groups -OCH3 is 1. The van der Waals surface area contributed by atoms with Crippen molar-refractivity contribution in [2.45, 2.75) is 12.5 Å². The van der Waals surface area contributed by atoms with Gasteiger partial charge in [-0.05, 0) is 12.1 Å². The van der Waals surface area contributed by atoms with E-state index in [2.05, 4.69) is 5.32 Å². The fourth-order valence-electron chi connectivity index (χ4n) is 1.45. The van der Waals surface area contributed by atoms with Gasteiger partial charge in [-0.1, -0.05) is 0 Å². The molecule has 0 saturated carbocycles. The van der Waals surface area contributed by atoms with Crippen molar-refractivity contribution < 1.29 is 28.6 Å². The Balaban J connectivity index is 2.76. The largest absolute Gasteiger partial charge is 0.497 e. The molecule has 114 valence electrons. The van der Waals surface area contributed by atoms with E-state index < -0.39 is 36.2 Å². The Morgan fingerprint density at radius 2 is 2.10 bits per heavy atom. The summed E-state index contributed by atoms with van der Waals surface area (Å²) >= 11 is 0. The fraction of sp³-hybridized carbons (Fsp3) is 0.250. The third kappa shape index (κ3) is 4.97. The molecule has 0 radical (unpaired) electrons. The molecule has 0 saturated heterocycles. The molecule has 5 N–H and O–H groups in total. The van der Waals surface area contributed by atoms with Gasteiger partial charge in [0.2, 0.25) is 5.91 Å². The first-order valence-corrected chi connectivity index (χ1v) is 5.75. The van der Waals surface area contributed by atoms with Gasteiger partial charge in [-0.25, -0.2) is 14.0 Å². The molecule has 0 bridgehead atoms. The Hall–Kier alpha value is -2.84. The summed E-state index contributed by atoms with van der Waals surface area (Å²) in [6.45, 7) is 0. The van der Waals surface area contributed by atoms with Crippen LogP contribution in [0.15, 0.2) is 18.2 Å². The molecule has 0 aliphatic carbocycles. The molecule has 0 aliphatic heterocycles. The number of aliphatic carboxylic acids is 1. The van der Waals surface area contributed by atoms with Gasteiger partial charge in [0.1, 0.15) is 17.6 Å². The SMILES string of the molecule is COc1ccc(F)c(NC(=O)N[C@H](CC(N)=O)C(=O)O)c1. The number of ether oxygens (including phenoxy) is 1. The maximum atomic E-state index is 13.5. The molecule has 0 fully saturated rings. The highest BCUT2D eigenvalue weighted by Crippen LogP contribution is 2.20. The molecular weight excluding hydrogens is 285 g/mol. The number of carboxylic acid groups (broad SMARTS) is 1. The quantitative estimate of drug-likeness (QED) is 0.599. The Labute approximate surface area is 119 Å². The van der Waals surface area contributed by atoms with E-state index in [1.165, 1.54) is 19.2 Å². The zero-order chi connectivity index (χ0) is 16.0. The molecule has 1 atom stereocenters. The number of amides is 3. The summed E-state index contributed by atoms with van der Waals surface area (Å²) in [5, 5.41) is 13.0. The van der Waals surface area contributed by atoms with Gasteiger partial charge in [0, 0.05) is 6.07 Å². The normalized spacial score (nSPS) is 11.3. The summed E-state index contributed by atoms with van der Waals surface area (Å²) in [6, 6.07) is 1.16. The number of carbonyl (C=O) groups excluding carboxylic acids is 2. The van der Waals surface area contributed by atoms with Crippen LogP contribution in [0.5, 0.6) is 5.75 Å². The second-order valence-electron chi connectivity index (χ2n) is 4.01. The van der Waals surface area contributed by atoms with Gasteiger partial charge >= 0.3 is 12.0 Å². The van der Waals surface area contributed by atoms with E-state index in [4.69, 9.17) is 15.6 Å². The van der Waals surface area contributed by atoms with E-state index in [9.17, 15) is 18.8 Å². The summed E-state index contributed by atoms with van der Waals surface area (Å²) in [5.41, 5.74) is 4.67. The molecule has 1 aromatic carbocycles. The number of anilines is 1. The van der Waals surface area contributed by atoms with Crippen LogP contribution in [0.3, 0.4) is 0 Å². The minimum atomic E-state index is -1.50. The molecule has 0 aliphatic rings. The van der Waals surface area contributed by atoms with Crippen LogP contribution in [-0.4, -0.2) is 36.2 Å². The van der Waals surface area contributed by atoms with E-state index in [1.54, 1.807) is 0 Å². The van der Waals surface area contributed by atoms with Gasteiger partial charge < -0.3 is 26.2 Å². The van der Waals surface area contributed by atoms with E-state index in [1.807, 2.05) is 5.32 Å². The van der Waals surface area contributed by atoms with Gasteiger partial charge in [-0.3, -0.25) is 4.79 Å². The van der Waals surface area contributed by atoms with Crippen LogP contribution < -0.4 is 21.1 Å². The third-order valence-corrected chi connectivity index (χ3v) is 2.43. The maximum absolute atomic E-state index is 13.5. The van der Waals surface area contributed by atoms with Crippen LogP contribution in [0.4, 0.5) is 14.9 Å². The average Bonchev–Trinajstić information content (AvgIpc) is 2.39. The first kappa shape index (κ1) is 16.2. The predicted octanol–water partition coefficient (Wildman–Crippen LogP) is 0.284. The lowest BCUT2D eigenvalue weighted by Gasteiger charge is -2.14. The molecule has 1 aromatic rings. The van der Waals surface area contributed by atoms with Crippen molar-refractivity contribution in [2.75, 3.05) is 12.4 Å². The lowest BCUT2D eigenvalue weighted by Crippen LogP contribution is -2.45. The van der Waals surface area contributed by atoms with Crippen molar-refractivity contribution in [1.29, 1.82) is 0 Å². The molecule has 1 rings (SSSR count). The van der Waals surface area contributed by atoms with Crippen molar-refractivity contribution in [3.05, 3.63) is 24.0 Å². The summed E-state index contributed by atoms with van der Waals surface area (Å²) in [7, 11) is 1.37. The highest BCUT2D eigenvalue weighted by Gasteiger charge is 2.22. The number of benzene rings is 1. The molecule has 0 unspecified atom stereocenters. The standard InChI is InChI=1S/C12H14FN3O5/c1-21-6-2-3-7(13)8(4-6)15-12(20)16-9(11(18)19)5-10(14)17/h2-4,9H,5H2,1H3,(H2,14,17)(H,18,19)(H2,15,16,20)/t9-/m1/s1. The van der Waals surface area contributed by atoms with Gasteiger partial charge in [-0.2, -0.15) is 0 Å². The molecule has 9 heteroatoms. The smallest absolute Gasteiger partial charge is 0.326 e. The molecular formula is C12H14FN3O5. The summed E-state index contributed by atoms with van der Waals surface area (Å²) < 4.78 is 18.4. The second-order valence-corrected chi connectivity index (χ2v) is 4.01. The number of carboxylic acids is 1. The highest BCUT2D eigenvalue weighted by atomic mass is 19.1. The van der Waals surface area contributed by atoms with Crippen molar-refractivity contribution in [2.24, 2.45) is 5.73 Å². The number of nitrogens with two attached hydrogens (primary N) is 1. The Morgan fingerprint density at radius 3 is 2.62 bits per heavy atom. The summed E-state index contributed by atoms with van der Waals surface area (Å²) in [4.78, 5) is 33.2. The minimum absolute atomic E-state index is 0.199. The van der Waals surface area contributed by atoms with E-state index >= 15 is 0 Å². The summed E-state index contributed by atoms with van der Waals surface area (Å²) in [6.07, 6.45) is -0.580. The zero-order valence-corrected chi connectivity index (χ0v) is 11.1. The number of hydrogen-bond donors (Lipinski definition) is 4. The van der Waals surface area contributed by atoms with E-state index in [0.717, 1.165) is 6.07 Å². The second kappa shape index (κ2) is 7.08. The lowest BCUT2D eigenvalue weighted by atomic mass is 10.2. The minimum Gasteiger partial charge on any atom is -0.497 e. The van der Waals surface area contributed by atoms with E-state index in [-0.39, 0.29) is 5.69 Å². The first-order chi connectivity index (χ1) is 9.83. The van der Waals surface area contributed by atoms with Gasteiger partial charge in [0.15, 0.2) is 0 Å². The van der Waals surface area contributed by atoms with Crippen molar-refractivity contribution in [3.63, 3.8) is 0 Å². The number of nitrogens with one attached hydrogen (secondary N) is 2.